The van der Waals surface area contributed by atoms with E-state index in [2.05, 4.69) is 0 Å². The molecular weight excluding hydrogens is 314 g/mol. The maximum Gasteiger partial charge on any atom is 0.416 e. The van der Waals surface area contributed by atoms with E-state index in [1.165, 1.54) is 12.1 Å². The van der Waals surface area contributed by atoms with Crippen LogP contribution in [0.4, 0.5) is 13.2 Å². The van der Waals surface area contributed by atoms with Gasteiger partial charge in [0.1, 0.15) is 0 Å². The molecule has 20 heavy (non-hydrogen) atoms. The largest absolute Gasteiger partial charge is 0.416 e. The third-order valence-electron chi connectivity index (χ3n) is 3.68. The first kappa shape index (κ1) is 17.6. The van der Waals surface area contributed by atoms with Crippen LogP contribution in [0.15, 0.2) is 18.2 Å². The van der Waals surface area contributed by atoms with E-state index < -0.39 is 23.9 Å². The fraction of sp³-hybridized carbons (Fsp3) is 0.538. The van der Waals surface area contributed by atoms with E-state index in [0.717, 1.165) is 25.3 Å². The topological polar surface area (TPSA) is 46.2 Å². The van der Waals surface area contributed by atoms with Gasteiger partial charge in [-0.2, -0.15) is 13.2 Å². The molecule has 7 heteroatoms. The van der Waals surface area contributed by atoms with Crippen LogP contribution >= 0.6 is 24.0 Å². The van der Waals surface area contributed by atoms with Crippen LogP contribution < -0.4 is 5.73 Å². The maximum absolute atomic E-state index is 13.0. The summed E-state index contributed by atoms with van der Waals surface area (Å²) >= 11 is 5.60. The monoisotopic (exact) mass is 329 g/mol. The van der Waals surface area contributed by atoms with E-state index >= 15 is 0 Å². The Balaban J connectivity index is 0.00000200. The van der Waals surface area contributed by atoms with Gasteiger partial charge in [0.25, 0.3) is 0 Å². The fourth-order valence-electron chi connectivity index (χ4n) is 2.32. The fourth-order valence-corrected chi connectivity index (χ4v) is 2.50. The van der Waals surface area contributed by atoms with Gasteiger partial charge in [-0.3, -0.25) is 0 Å². The number of alkyl halides is 3. The minimum Gasteiger partial charge on any atom is -0.391 e. The molecule has 0 amide bonds. The molecule has 1 aliphatic carbocycles. The van der Waals surface area contributed by atoms with Crippen molar-refractivity contribution in [2.24, 2.45) is 11.7 Å². The zero-order valence-electron chi connectivity index (χ0n) is 10.5. The Bertz CT molecular complexity index is 463. The number of nitrogens with two attached hydrogens (primary N) is 1. The van der Waals surface area contributed by atoms with E-state index in [-0.39, 0.29) is 28.9 Å². The summed E-state index contributed by atoms with van der Waals surface area (Å²) in [7, 11) is 0. The molecule has 1 saturated carbocycles. The van der Waals surface area contributed by atoms with Crippen molar-refractivity contribution in [3.05, 3.63) is 34.3 Å². The van der Waals surface area contributed by atoms with Gasteiger partial charge in [0.15, 0.2) is 0 Å². The number of aliphatic hydroxyl groups excluding tert-OH is 1. The van der Waals surface area contributed by atoms with Crippen molar-refractivity contribution >= 4 is 24.0 Å². The second-order valence-electron chi connectivity index (χ2n) is 4.94. The minimum atomic E-state index is -4.53. The van der Waals surface area contributed by atoms with Crippen molar-refractivity contribution in [3.63, 3.8) is 0 Å². The Morgan fingerprint density at radius 3 is 2.35 bits per heavy atom. The zero-order valence-corrected chi connectivity index (χ0v) is 12.1. The molecule has 1 aromatic rings. The Morgan fingerprint density at radius 1 is 1.30 bits per heavy atom. The van der Waals surface area contributed by atoms with Gasteiger partial charge in [-0.05, 0) is 36.5 Å². The molecule has 2 atom stereocenters. The number of rotatable bonds is 3. The summed E-state index contributed by atoms with van der Waals surface area (Å²) < 4.78 is 38.9. The van der Waals surface area contributed by atoms with Crippen LogP contribution in [0.2, 0.25) is 5.02 Å². The summed E-state index contributed by atoms with van der Waals surface area (Å²) in [6.07, 6.45) is -2.87. The third-order valence-corrected chi connectivity index (χ3v) is 3.92. The SMILES string of the molecule is Cl.N[C@@H](c1ccc(Cl)cc1C(F)(F)F)[C@H](O)C1CCC1. The van der Waals surface area contributed by atoms with Gasteiger partial charge >= 0.3 is 6.18 Å². The molecule has 1 aromatic carbocycles. The molecule has 0 aliphatic heterocycles. The van der Waals surface area contributed by atoms with Gasteiger partial charge in [-0.25, -0.2) is 0 Å². The lowest BCUT2D eigenvalue weighted by atomic mass is 9.77. The van der Waals surface area contributed by atoms with Gasteiger partial charge < -0.3 is 10.8 Å². The summed E-state index contributed by atoms with van der Waals surface area (Å²) in [5.41, 5.74) is 4.83. The van der Waals surface area contributed by atoms with Gasteiger partial charge in [0.2, 0.25) is 0 Å². The third kappa shape index (κ3) is 3.58. The Labute approximate surface area is 126 Å². The normalized spacial score (nSPS) is 18.9. The predicted molar refractivity (Wildman–Crippen MR) is 74.0 cm³/mol. The summed E-state index contributed by atoms with van der Waals surface area (Å²) in [5, 5.41) is 10.0. The van der Waals surface area contributed by atoms with E-state index in [4.69, 9.17) is 17.3 Å². The molecule has 0 aromatic heterocycles. The molecule has 0 heterocycles. The summed E-state index contributed by atoms with van der Waals surface area (Å²) in [5.74, 6) is -0.00763. The van der Waals surface area contributed by atoms with Crippen LogP contribution in [0.5, 0.6) is 0 Å². The van der Waals surface area contributed by atoms with E-state index in [1.54, 1.807) is 0 Å². The second-order valence-corrected chi connectivity index (χ2v) is 5.37. The predicted octanol–water partition coefficient (Wildman–Crippen LogP) is 3.94. The molecular formula is C13H16Cl2F3NO. The molecule has 3 N–H and O–H groups in total. The van der Waals surface area contributed by atoms with E-state index in [0.29, 0.717) is 0 Å². The smallest absolute Gasteiger partial charge is 0.391 e. The highest BCUT2D eigenvalue weighted by Crippen LogP contribution is 2.39. The van der Waals surface area contributed by atoms with Gasteiger partial charge in [-0.1, -0.05) is 24.1 Å². The highest BCUT2D eigenvalue weighted by atomic mass is 35.5. The van der Waals surface area contributed by atoms with Crippen LogP contribution in [-0.2, 0) is 6.18 Å². The van der Waals surface area contributed by atoms with Crippen LogP contribution in [0, 0.1) is 5.92 Å². The minimum absolute atomic E-state index is 0. The molecule has 0 radical (unpaired) electrons. The number of hydrogen-bond donors (Lipinski definition) is 2. The summed E-state index contributed by atoms with van der Waals surface area (Å²) in [4.78, 5) is 0. The first-order chi connectivity index (χ1) is 8.80. The summed E-state index contributed by atoms with van der Waals surface area (Å²) in [6, 6.07) is 2.42. The molecule has 114 valence electrons. The van der Waals surface area contributed by atoms with Crippen molar-refractivity contribution < 1.29 is 18.3 Å². The highest BCUT2D eigenvalue weighted by molar-refractivity contribution is 6.30. The van der Waals surface area contributed by atoms with Crippen molar-refractivity contribution in [1.82, 2.24) is 0 Å². The van der Waals surface area contributed by atoms with Crippen molar-refractivity contribution in [2.75, 3.05) is 0 Å². The quantitative estimate of drug-likeness (QED) is 0.882. The summed E-state index contributed by atoms with van der Waals surface area (Å²) in [6.45, 7) is 0. The lowest BCUT2D eigenvalue weighted by Gasteiger charge is -2.34. The number of benzene rings is 1. The van der Waals surface area contributed by atoms with Gasteiger partial charge in [-0.15, -0.1) is 12.4 Å². The van der Waals surface area contributed by atoms with E-state index in [1.807, 2.05) is 0 Å². The highest BCUT2D eigenvalue weighted by Gasteiger charge is 2.38. The Kier molecular flexibility index (Phi) is 5.72. The van der Waals surface area contributed by atoms with Crippen LogP contribution in [0.1, 0.15) is 36.4 Å². The lowest BCUT2D eigenvalue weighted by molar-refractivity contribution is -0.138. The Hall–Kier alpha value is -0.490. The molecule has 0 saturated heterocycles. The van der Waals surface area contributed by atoms with Crippen molar-refractivity contribution in [2.45, 2.75) is 37.6 Å². The van der Waals surface area contributed by atoms with Crippen molar-refractivity contribution in [3.8, 4) is 0 Å². The van der Waals surface area contributed by atoms with Crippen LogP contribution in [-0.4, -0.2) is 11.2 Å². The second kappa shape index (κ2) is 6.52. The molecule has 0 bridgehead atoms. The lowest BCUT2D eigenvalue weighted by Crippen LogP contribution is -2.37. The van der Waals surface area contributed by atoms with Crippen LogP contribution in [0.25, 0.3) is 0 Å². The first-order valence-corrected chi connectivity index (χ1v) is 6.49. The zero-order chi connectivity index (χ0) is 14.2. The first-order valence-electron chi connectivity index (χ1n) is 6.11. The standard InChI is InChI=1S/C13H15ClF3NO.ClH/c14-8-4-5-9(10(6-8)13(15,16)17)11(18)12(19)7-2-1-3-7;/h4-7,11-12,19H,1-3,18H2;1H/t11-,12+;/m0./s1. The molecule has 1 fully saturated rings. The molecule has 2 rings (SSSR count). The van der Waals surface area contributed by atoms with Crippen LogP contribution in [0.3, 0.4) is 0 Å². The number of aliphatic hydroxyl groups is 1. The number of halogens is 5. The average Bonchev–Trinajstić information content (AvgIpc) is 2.24. The van der Waals surface area contributed by atoms with Gasteiger partial charge in [0, 0.05) is 5.02 Å². The van der Waals surface area contributed by atoms with Crippen molar-refractivity contribution in [1.29, 1.82) is 0 Å². The average molecular weight is 330 g/mol. The number of hydrogen-bond acceptors (Lipinski definition) is 2. The molecule has 1 aliphatic rings. The molecule has 0 spiro atoms. The van der Waals surface area contributed by atoms with Gasteiger partial charge in [0.05, 0.1) is 17.7 Å². The molecule has 2 nitrogen and oxygen atoms in total. The van der Waals surface area contributed by atoms with E-state index in [9.17, 15) is 18.3 Å². The maximum atomic E-state index is 13.0. The Morgan fingerprint density at radius 2 is 1.90 bits per heavy atom. The molecule has 0 unspecified atom stereocenters.